The van der Waals surface area contributed by atoms with E-state index in [-0.39, 0.29) is 35.8 Å². The second-order valence-electron chi connectivity index (χ2n) is 6.74. The fraction of sp³-hybridized carbons (Fsp3) is 0.938. The number of hydrogen-bond acceptors (Lipinski definition) is 4. The van der Waals surface area contributed by atoms with Crippen LogP contribution in [0.1, 0.15) is 47.5 Å². The van der Waals surface area contributed by atoms with Crippen molar-refractivity contribution in [2.45, 2.75) is 65.6 Å². The Balaban J connectivity index is 0. The van der Waals surface area contributed by atoms with E-state index < -0.39 is 9.84 Å². The molecule has 0 aliphatic heterocycles. The first kappa shape index (κ1) is 26.1. The molecule has 0 aromatic heterocycles. The number of hydrogen-bond donors (Lipinski definition) is 2. The summed E-state index contributed by atoms with van der Waals surface area (Å²) >= 11 is 0. The molecule has 146 valence electrons. The summed E-state index contributed by atoms with van der Waals surface area (Å²) in [5, 5.41) is 6.53. The summed E-state index contributed by atoms with van der Waals surface area (Å²) in [7, 11) is -1.18. The molecule has 0 heterocycles. The van der Waals surface area contributed by atoms with E-state index in [1.807, 2.05) is 6.92 Å². The molecular formula is C16H37IN4O2S. The first-order chi connectivity index (χ1) is 10.6. The summed E-state index contributed by atoms with van der Waals surface area (Å²) in [4.78, 5) is 6.66. The number of sulfone groups is 1. The Hall–Kier alpha value is -0.0900. The lowest BCUT2D eigenvalue weighted by Crippen LogP contribution is -2.44. The van der Waals surface area contributed by atoms with Gasteiger partial charge in [-0.3, -0.25) is 9.89 Å². The van der Waals surface area contributed by atoms with E-state index in [9.17, 15) is 8.42 Å². The summed E-state index contributed by atoms with van der Waals surface area (Å²) in [6.45, 7) is 12.7. The normalized spacial score (nSPS) is 14.0. The molecule has 2 N–H and O–H groups in total. The maximum absolute atomic E-state index is 11.2. The van der Waals surface area contributed by atoms with Crippen molar-refractivity contribution in [1.29, 1.82) is 0 Å². The second-order valence-corrected chi connectivity index (χ2v) is 9.00. The Morgan fingerprint density at radius 2 is 1.67 bits per heavy atom. The summed E-state index contributed by atoms with van der Waals surface area (Å²) in [5.41, 5.74) is 0. The molecule has 0 aromatic rings. The van der Waals surface area contributed by atoms with Gasteiger partial charge in [-0.05, 0) is 47.5 Å². The van der Waals surface area contributed by atoms with Crippen LogP contribution in [-0.2, 0) is 9.84 Å². The van der Waals surface area contributed by atoms with Gasteiger partial charge in [0.05, 0.1) is 5.75 Å². The number of nitrogens with one attached hydrogen (secondary N) is 2. The second kappa shape index (κ2) is 13.2. The topological polar surface area (TPSA) is 73.8 Å². The lowest BCUT2D eigenvalue weighted by atomic mass is 10.2. The Kier molecular flexibility index (Phi) is 14.3. The molecule has 0 radical (unpaired) electrons. The monoisotopic (exact) mass is 476 g/mol. The highest BCUT2D eigenvalue weighted by Gasteiger charge is 2.13. The highest BCUT2D eigenvalue weighted by atomic mass is 127. The molecule has 0 aromatic carbocycles. The average Bonchev–Trinajstić information content (AvgIpc) is 2.41. The van der Waals surface area contributed by atoms with Gasteiger partial charge in [0, 0.05) is 44.5 Å². The van der Waals surface area contributed by atoms with Crippen molar-refractivity contribution in [1.82, 2.24) is 15.5 Å². The van der Waals surface area contributed by atoms with Crippen molar-refractivity contribution in [3.05, 3.63) is 0 Å². The molecule has 0 aliphatic carbocycles. The molecular weight excluding hydrogens is 439 g/mol. The van der Waals surface area contributed by atoms with Crippen LogP contribution in [0.3, 0.4) is 0 Å². The molecule has 0 saturated carbocycles. The Morgan fingerprint density at radius 1 is 1.12 bits per heavy atom. The summed E-state index contributed by atoms with van der Waals surface area (Å²) in [5.74, 6) is 0.919. The fourth-order valence-electron chi connectivity index (χ4n) is 2.47. The quantitative estimate of drug-likeness (QED) is 0.219. The number of guanidine groups is 1. The summed E-state index contributed by atoms with van der Waals surface area (Å²) < 4.78 is 22.4. The predicted octanol–water partition coefficient (Wildman–Crippen LogP) is 2.10. The first-order valence-corrected chi connectivity index (χ1v) is 10.5. The average molecular weight is 476 g/mol. The van der Waals surface area contributed by atoms with Crippen molar-refractivity contribution in [3.63, 3.8) is 0 Å². The smallest absolute Gasteiger partial charge is 0.191 e. The van der Waals surface area contributed by atoms with Crippen LogP contribution in [-0.4, -0.2) is 69.5 Å². The zero-order chi connectivity index (χ0) is 18.0. The van der Waals surface area contributed by atoms with Crippen molar-refractivity contribution < 1.29 is 8.42 Å². The van der Waals surface area contributed by atoms with Gasteiger partial charge in [-0.2, -0.15) is 0 Å². The van der Waals surface area contributed by atoms with Crippen LogP contribution in [0.5, 0.6) is 0 Å². The Bertz CT molecular complexity index is 445. The number of aliphatic imine (C=N–C) groups is 1. The minimum Gasteiger partial charge on any atom is -0.356 e. The van der Waals surface area contributed by atoms with E-state index in [1.54, 1.807) is 7.05 Å². The summed E-state index contributed by atoms with van der Waals surface area (Å²) in [6, 6.07) is 1.16. The standard InChI is InChI=1S/C16H36N4O2S.HI/c1-13(2)20(14(3)4)11-8-10-18-16(17-6)19-15(5)9-12-23(7,21)22;/h13-15H,8-12H2,1-7H3,(H2,17,18,19);1H. The van der Waals surface area contributed by atoms with Gasteiger partial charge in [0.1, 0.15) is 9.84 Å². The van der Waals surface area contributed by atoms with Gasteiger partial charge in [0.2, 0.25) is 0 Å². The van der Waals surface area contributed by atoms with Gasteiger partial charge in [-0.25, -0.2) is 8.42 Å². The van der Waals surface area contributed by atoms with Gasteiger partial charge in [-0.1, -0.05) is 0 Å². The fourth-order valence-corrected chi connectivity index (χ4v) is 3.25. The van der Waals surface area contributed by atoms with Gasteiger partial charge in [-0.15, -0.1) is 24.0 Å². The van der Waals surface area contributed by atoms with Gasteiger partial charge >= 0.3 is 0 Å². The zero-order valence-electron chi connectivity index (χ0n) is 16.3. The largest absolute Gasteiger partial charge is 0.356 e. The van der Waals surface area contributed by atoms with Gasteiger partial charge < -0.3 is 10.6 Å². The van der Waals surface area contributed by atoms with E-state index >= 15 is 0 Å². The zero-order valence-corrected chi connectivity index (χ0v) is 19.4. The maximum atomic E-state index is 11.2. The van der Waals surface area contributed by atoms with Crippen LogP contribution in [0.2, 0.25) is 0 Å². The van der Waals surface area contributed by atoms with Crippen LogP contribution in [0.4, 0.5) is 0 Å². The number of nitrogens with zero attached hydrogens (tertiary/aromatic N) is 2. The van der Waals surface area contributed by atoms with Crippen molar-refractivity contribution in [2.24, 2.45) is 4.99 Å². The molecule has 0 amide bonds. The minimum absolute atomic E-state index is 0. The van der Waals surface area contributed by atoms with Crippen molar-refractivity contribution >= 4 is 39.8 Å². The van der Waals surface area contributed by atoms with Crippen LogP contribution >= 0.6 is 24.0 Å². The molecule has 6 nitrogen and oxygen atoms in total. The predicted molar refractivity (Wildman–Crippen MR) is 115 cm³/mol. The summed E-state index contributed by atoms with van der Waals surface area (Å²) in [6.07, 6.45) is 2.88. The van der Waals surface area contributed by atoms with Crippen LogP contribution in [0.15, 0.2) is 4.99 Å². The molecule has 0 fully saturated rings. The third-order valence-corrected chi connectivity index (χ3v) is 4.72. The third kappa shape index (κ3) is 13.2. The lowest BCUT2D eigenvalue weighted by molar-refractivity contribution is 0.173. The maximum Gasteiger partial charge on any atom is 0.191 e. The molecule has 0 spiro atoms. The van der Waals surface area contributed by atoms with E-state index in [4.69, 9.17) is 0 Å². The Labute approximate surface area is 166 Å². The highest BCUT2D eigenvalue weighted by molar-refractivity contribution is 14.0. The molecule has 1 unspecified atom stereocenters. The van der Waals surface area contributed by atoms with Crippen LogP contribution in [0.25, 0.3) is 0 Å². The SMILES string of the molecule is CN=C(NCCCN(C(C)C)C(C)C)NC(C)CCS(C)(=O)=O.I. The molecule has 1 atom stereocenters. The third-order valence-electron chi connectivity index (χ3n) is 3.74. The molecule has 0 rings (SSSR count). The number of halogens is 1. The van der Waals surface area contributed by atoms with E-state index in [0.717, 1.165) is 25.5 Å². The highest BCUT2D eigenvalue weighted by Crippen LogP contribution is 2.05. The van der Waals surface area contributed by atoms with Crippen molar-refractivity contribution in [2.75, 3.05) is 32.1 Å². The van der Waals surface area contributed by atoms with Crippen LogP contribution < -0.4 is 10.6 Å². The van der Waals surface area contributed by atoms with Gasteiger partial charge in [0.15, 0.2) is 5.96 Å². The molecule has 0 aliphatic rings. The van der Waals surface area contributed by atoms with E-state index in [0.29, 0.717) is 18.5 Å². The van der Waals surface area contributed by atoms with Crippen molar-refractivity contribution in [3.8, 4) is 0 Å². The van der Waals surface area contributed by atoms with E-state index in [2.05, 4.69) is 48.2 Å². The minimum atomic E-state index is -2.91. The first-order valence-electron chi connectivity index (χ1n) is 8.47. The Morgan fingerprint density at radius 3 is 2.08 bits per heavy atom. The lowest BCUT2D eigenvalue weighted by Gasteiger charge is -2.30. The van der Waals surface area contributed by atoms with Crippen LogP contribution in [0, 0.1) is 0 Å². The molecule has 24 heavy (non-hydrogen) atoms. The van der Waals surface area contributed by atoms with Gasteiger partial charge in [0.25, 0.3) is 0 Å². The molecule has 0 saturated heterocycles. The van der Waals surface area contributed by atoms with E-state index in [1.165, 1.54) is 6.26 Å². The molecule has 0 bridgehead atoms. The molecule has 8 heteroatoms. The number of rotatable bonds is 10.